The Morgan fingerprint density at radius 3 is 2.84 bits per heavy atom. The molecule has 0 aromatic heterocycles. The van der Waals surface area contributed by atoms with Crippen LogP contribution in [0.2, 0.25) is 0 Å². The minimum absolute atomic E-state index is 0.102. The number of hydrogen-bond acceptors (Lipinski definition) is 3. The molecule has 1 aromatic carbocycles. The Bertz CT molecular complexity index is 511. The van der Waals surface area contributed by atoms with Crippen LogP contribution < -0.4 is 5.32 Å². The number of imide groups is 1. The summed E-state index contributed by atoms with van der Waals surface area (Å²) in [5, 5.41) is 11.0. The van der Waals surface area contributed by atoms with E-state index >= 15 is 0 Å². The third-order valence-corrected chi connectivity index (χ3v) is 2.58. The fourth-order valence-corrected chi connectivity index (χ4v) is 1.62. The van der Waals surface area contributed by atoms with Crippen molar-refractivity contribution in [3.05, 3.63) is 35.4 Å². The van der Waals surface area contributed by atoms with Crippen LogP contribution in [0.3, 0.4) is 0 Å². The maximum Gasteiger partial charge on any atom is 0.324 e. The molecule has 0 spiro atoms. The molecule has 5 nitrogen and oxygen atoms in total. The molecule has 6 heteroatoms. The number of carbonyl (C=O) groups excluding carboxylic acids is 2. The van der Waals surface area contributed by atoms with E-state index in [1.807, 2.05) is 12.1 Å². The largest absolute Gasteiger partial charge is 0.324 e. The lowest BCUT2D eigenvalue weighted by Gasteiger charge is -2.17. The van der Waals surface area contributed by atoms with E-state index in [9.17, 15) is 9.59 Å². The van der Waals surface area contributed by atoms with Gasteiger partial charge in [0.2, 0.25) is 5.91 Å². The summed E-state index contributed by atoms with van der Waals surface area (Å²) in [7, 11) is 1.57. The lowest BCUT2D eigenvalue weighted by molar-refractivity contribution is -0.119. The lowest BCUT2D eigenvalue weighted by atomic mass is 10.1. The molecule has 100 valence electrons. The number of hydrogen-bond donors (Lipinski definition) is 1. The number of nitriles is 1. The zero-order chi connectivity index (χ0) is 14.3. The molecular weight excluding hydrogens is 266 g/mol. The summed E-state index contributed by atoms with van der Waals surface area (Å²) in [4.78, 5) is 24.3. The van der Waals surface area contributed by atoms with Crippen LogP contribution in [-0.4, -0.2) is 29.8 Å². The van der Waals surface area contributed by atoms with Crippen molar-refractivity contribution in [3.63, 3.8) is 0 Å². The molecule has 0 heterocycles. The van der Waals surface area contributed by atoms with E-state index in [1.54, 1.807) is 25.2 Å². The van der Waals surface area contributed by atoms with Gasteiger partial charge in [0.1, 0.15) is 0 Å². The lowest BCUT2D eigenvalue weighted by Crippen LogP contribution is -2.40. The van der Waals surface area contributed by atoms with Gasteiger partial charge in [0, 0.05) is 25.9 Å². The number of nitrogens with one attached hydrogen (secondary N) is 1. The summed E-state index contributed by atoms with van der Waals surface area (Å²) in [6.45, 7) is 0.315. The summed E-state index contributed by atoms with van der Waals surface area (Å²) in [5.41, 5.74) is 1.35. The van der Waals surface area contributed by atoms with E-state index in [0.717, 1.165) is 5.56 Å². The molecule has 0 fully saturated rings. The fourth-order valence-electron chi connectivity index (χ4n) is 1.45. The van der Waals surface area contributed by atoms with Crippen LogP contribution >= 0.6 is 11.6 Å². The number of urea groups is 1. The fraction of sp³-hybridized carbons (Fsp3) is 0.308. The second-order valence-electron chi connectivity index (χ2n) is 3.96. The SMILES string of the molecule is CN(Cc1cccc(C#N)c1)C(=O)NC(=O)CCCl. The zero-order valence-electron chi connectivity index (χ0n) is 10.5. The Morgan fingerprint density at radius 1 is 1.47 bits per heavy atom. The van der Waals surface area contributed by atoms with Crippen LogP contribution in [0.15, 0.2) is 24.3 Å². The van der Waals surface area contributed by atoms with E-state index in [0.29, 0.717) is 12.1 Å². The van der Waals surface area contributed by atoms with Crippen molar-refractivity contribution < 1.29 is 9.59 Å². The first-order valence-corrected chi connectivity index (χ1v) is 6.20. The van der Waals surface area contributed by atoms with Crippen molar-refractivity contribution in [1.82, 2.24) is 10.2 Å². The molecule has 0 atom stereocenters. The van der Waals surface area contributed by atoms with Crippen molar-refractivity contribution in [1.29, 1.82) is 5.26 Å². The summed E-state index contributed by atoms with van der Waals surface area (Å²) in [6.07, 6.45) is 0.102. The molecule has 0 radical (unpaired) electrons. The van der Waals surface area contributed by atoms with Gasteiger partial charge < -0.3 is 4.90 Å². The summed E-state index contributed by atoms with van der Waals surface area (Å²) < 4.78 is 0. The van der Waals surface area contributed by atoms with Gasteiger partial charge in [-0.15, -0.1) is 11.6 Å². The predicted molar refractivity (Wildman–Crippen MR) is 71.5 cm³/mol. The molecule has 3 amide bonds. The molecule has 1 aromatic rings. The summed E-state index contributed by atoms with van der Waals surface area (Å²) in [5.74, 6) is -0.231. The Morgan fingerprint density at radius 2 is 2.21 bits per heavy atom. The van der Waals surface area contributed by atoms with Gasteiger partial charge in [0.15, 0.2) is 0 Å². The quantitative estimate of drug-likeness (QED) is 0.855. The van der Waals surface area contributed by atoms with Crippen molar-refractivity contribution in [3.8, 4) is 6.07 Å². The number of halogens is 1. The Hall–Kier alpha value is -2.06. The molecule has 0 aliphatic carbocycles. The van der Waals surface area contributed by atoms with Gasteiger partial charge in [-0.1, -0.05) is 12.1 Å². The minimum atomic E-state index is -0.488. The van der Waals surface area contributed by atoms with E-state index in [-0.39, 0.29) is 12.3 Å². The monoisotopic (exact) mass is 279 g/mol. The van der Waals surface area contributed by atoms with E-state index in [4.69, 9.17) is 16.9 Å². The molecule has 0 unspecified atom stereocenters. The zero-order valence-corrected chi connectivity index (χ0v) is 11.3. The molecule has 1 N–H and O–H groups in total. The van der Waals surface area contributed by atoms with Gasteiger partial charge in [0.05, 0.1) is 11.6 Å². The smallest absolute Gasteiger partial charge is 0.323 e. The highest BCUT2D eigenvalue weighted by Crippen LogP contribution is 2.06. The predicted octanol–water partition coefficient (Wildman–Crippen LogP) is 1.86. The molecule has 19 heavy (non-hydrogen) atoms. The minimum Gasteiger partial charge on any atom is -0.323 e. The van der Waals surface area contributed by atoms with Crippen LogP contribution in [-0.2, 0) is 11.3 Å². The van der Waals surface area contributed by atoms with Gasteiger partial charge in [0.25, 0.3) is 0 Å². The van der Waals surface area contributed by atoms with Crippen LogP contribution in [0, 0.1) is 11.3 Å². The molecule has 0 saturated carbocycles. The number of carbonyl (C=O) groups is 2. The standard InChI is InChI=1S/C13H14ClN3O2/c1-17(13(19)16-12(18)5-6-14)9-11-4-2-3-10(7-11)8-15/h2-4,7H,5-6,9H2,1H3,(H,16,18,19). The first-order chi connectivity index (χ1) is 9.06. The Balaban J connectivity index is 2.58. The van der Waals surface area contributed by atoms with Crippen molar-refractivity contribution in [2.75, 3.05) is 12.9 Å². The highest BCUT2D eigenvalue weighted by Gasteiger charge is 2.12. The van der Waals surface area contributed by atoms with Crippen molar-refractivity contribution in [2.24, 2.45) is 0 Å². The number of nitrogens with zero attached hydrogens (tertiary/aromatic N) is 2. The topological polar surface area (TPSA) is 73.2 Å². The second-order valence-corrected chi connectivity index (χ2v) is 4.34. The number of alkyl halides is 1. The molecule has 1 rings (SSSR count). The van der Waals surface area contributed by atoms with E-state index < -0.39 is 11.9 Å². The van der Waals surface area contributed by atoms with Crippen molar-refractivity contribution in [2.45, 2.75) is 13.0 Å². The summed E-state index contributed by atoms with van der Waals surface area (Å²) >= 11 is 5.41. The molecule has 0 saturated heterocycles. The van der Waals surface area contributed by atoms with Gasteiger partial charge in [-0.25, -0.2) is 4.79 Å². The van der Waals surface area contributed by atoms with Gasteiger partial charge >= 0.3 is 6.03 Å². The first kappa shape index (κ1) is 15.0. The third-order valence-electron chi connectivity index (χ3n) is 2.39. The van der Waals surface area contributed by atoms with Crippen LogP contribution in [0.4, 0.5) is 4.79 Å². The Kier molecular flexibility index (Phi) is 5.83. The van der Waals surface area contributed by atoms with Crippen LogP contribution in [0.25, 0.3) is 0 Å². The highest BCUT2D eigenvalue weighted by atomic mass is 35.5. The molecule has 0 bridgehead atoms. The van der Waals surface area contributed by atoms with Gasteiger partial charge in [-0.05, 0) is 17.7 Å². The second kappa shape index (κ2) is 7.39. The average molecular weight is 280 g/mol. The third kappa shape index (κ3) is 4.98. The maximum absolute atomic E-state index is 11.7. The first-order valence-electron chi connectivity index (χ1n) is 5.66. The number of benzene rings is 1. The van der Waals surface area contributed by atoms with Crippen LogP contribution in [0.5, 0.6) is 0 Å². The molecular formula is C13H14ClN3O2. The van der Waals surface area contributed by atoms with Gasteiger partial charge in [-0.2, -0.15) is 5.26 Å². The molecule has 0 aliphatic heterocycles. The highest BCUT2D eigenvalue weighted by molar-refractivity contribution is 6.19. The van der Waals surface area contributed by atoms with Gasteiger partial charge in [-0.3, -0.25) is 10.1 Å². The van der Waals surface area contributed by atoms with Crippen molar-refractivity contribution >= 4 is 23.5 Å². The normalized spacial score (nSPS) is 9.53. The van der Waals surface area contributed by atoms with E-state index in [2.05, 4.69) is 5.32 Å². The molecule has 0 aliphatic rings. The summed E-state index contributed by atoms with van der Waals surface area (Å²) in [6, 6.07) is 8.49. The number of amides is 3. The maximum atomic E-state index is 11.7. The number of rotatable bonds is 4. The average Bonchev–Trinajstić information content (AvgIpc) is 2.39. The Labute approximate surface area is 116 Å². The van der Waals surface area contributed by atoms with Crippen LogP contribution in [0.1, 0.15) is 17.5 Å². The van der Waals surface area contributed by atoms with E-state index in [1.165, 1.54) is 4.90 Å².